The Balaban J connectivity index is 2.34. The average molecular weight is 383 g/mol. The van der Waals surface area contributed by atoms with Crippen molar-refractivity contribution >= 4 is 25.0 Å². The second-order valence-corrected chi connectivity index (χ2v) is 13.1. The molecular formula is C24H34O2Si. The number of carbonyl (C=O) groups excluding carboxylic acids is 1. The molecule has 0 radical (unpaired) electrons. The summed E-state index contributed by atoms with van der Waals surface area (Å²) < 4.78 is 6.90. The van der Waals surface area contributed by atoms with Gasteiger partial charge in [-0.25, -0.2) is 0 Å². The summed E-state index contributed by atoms with van der Waals surface area (Å²) in [5.41, 5.74) is 0. The smallest absolute Gasteiger partial charge is 0.261 e. The molecule has 2 aromatic carbocycles. The summed E-state index contributed by atoms with van der Waals surface area (Å²) >= 11 is 0. The molecule has 0 saturated carbocycles. The Labute approximate surface area is 166 Å². The zero-order chi connectivity index (χ0) is 19.9. The van der Waals surface area contributed by atoms with Crippen molar-refractivity contribution in [3.8, 4) is 0 Å². The van der Waals surface area contributed by atoms with Crippen LogP contribution in [0, 0.1) is 11.8 Å². The lowest BCUT2D eigenvalue weighted by molar-refractivity contribution is -0.111. The molecule has 0 aliphatic rings. The lowest BCUT2D eigenvalue weighted by Gasteiger charge is -2.43. The molecule has 0 spiro atoms. The van der Waals surface area contributed by atoms with E-state index < -0.39 is 8.32 Å². The number of benzene rings is 2. The molecule has 146 valence electrons. The Hall–Kier alpha value is -1.71. The molecule has 2 aromatic rings. The minimum absolute atomic E-state index is 0.00896. The van der Waals surface area contributed by atoms with Crippen LogP contribution in [0.25, 0.3) is 0 Å². The molecular weight excluding hydrogens is 348 g/mol. The van der Waals surface area contributed by atoms with Crippen LogP contribution in [0.3, 0.4) is 0 Å². The van der Waals surface area contributed by atoms with Crippen molar-refractivity contribution in [3.05, 3.63) is 60.7 Å². The van der Waals surface area contributed by atoms with E-state index in [1.165, 1.54) is 10.4 Å². The summed E-state index contributed by atoms with van der Waals surface area (Å²) in [4.78, 5) is 11.0. The van der Waals surface area contributed by atoms with Gasteiger partial charge in [0.2, 0.25) is 0 Å². The van der Waals surface area contributed by atoms with Gasteiger partial charge >= 0.3 is 0 Å². The fourth-order valence-electron chi connectivity index (χ4n) is 3.98. The second kappa shape index (κ2) is 9.47. The Morgan fingerprint density at radius 3 is 1.81 bits per heavy atom. The fraction of sp³-hybridized carbons (Fsp3) is 0.458. The zero-order valence-electron chi connectivity index (χ0n) is 17.4. The Morgan fingerprint density at radius 2 is 1.41 bits per heavy atom. The van der Waals surface area contributed by atoms with Crippen LogP contribution in [0.15, 0.2) is 60.7 Å². The first-order valence-corrected chi connectivity index (χ1v) is 11.9. The third-order valence-electron chi connectivity index (χ3n) is 5.35. The molecule has 0 aromatic heterocycles. The molecule has 3 heteroatoms. The van der Waals surface area contributed by atoms with Crippen LogP contribution < -0.4 is 10.4 Å². The molecule has 0 amide bonds. The summed E-state index contributed by atoms with van der Waals surface area (Å²) in [6.07, 6.45) is 2.95. The van der Waals surface area contributed by atoms with E-state index in [4.69, 9.17) is 4.43 Å². The van der Waals surface area contributed by atoms with E-state index in [0.717, 1.165) is 25.7 Å². The first kappa shape index (κ1) is 21.6. The molecule has 2 rings (SSSR count). The molecule has 0 N–H and O–H groups in total. The number of hydrogen-bond acceptors (Lipinski definition) is 2. The lowest BCUT2D eigenvalue weighted by Crippen LogP contribution is -2.66. The van der Waals surface area contributed by atoms with Crippen LogP contribution in [0.2, 0.25) is 5.04 Å². The van der Waals surface area contributed by atoms with Gasteiger partial charge in [-0.1, -0.05) is 95.3 Å². The van der Waals surface area contributed by atoms with Gasteiger partial charge in [-0.2, -0.15) is 0 Å². The van der Waals surface area contributed by atoms with Crippen molar-refractivity contribution in [3.63, 3.8) is 0 Å². The molecule has 0 heterocycles. The van der Waals surface area contributed by atoms with Gasteiger partial charge in [0.05, 0.1) is 0 Å². The minimum atomic E-state index is -2.43. The van der Waals surface area contributed by atoms with Gasteiger partial charge in [0.1, 0.15) is 6.29 Å². The van der Waals surface area contributed by atoms with Crippen molar-refractivity contribution in [1.29, 1.82) is 0 Å². The highest BCUT2D eigenvalue weighted by molar-refractivity contribution is 6.99. The molecule has 0 saturated heterocycles. The van der Waals surface area contributed by atoms with Crippen LogP contribution in [0.1, 0.15) is 47.5 Å². The summed E-state index contributed by atoms with van der Waals surface area (Å²) in [6, 6.07) is 21.5. The molecule has 0 bridgehead atoms. The largest absolute Gasteiger partial charge is 0.407 e. The van der Waals surface area contributed by atoms with Gasteiger partial charge < -0.3 is 9.22 Å². The van der Waals surface area contributed by atoms with Gasteiger partial charge in [0, 0.05) is 12.5 Å². The molecule has 0 unspecified atom stereocenters. The molecule has 0 aliphatic heterocycles. The van der Waals surface area contributed by atoms with E-state index in [0.29, 0.717) is 5.92 Å². The van der Waals surface area contributed by atoms with Gasteiger partial charge in [0.25, 0.3) is 8.32 Å². The fourth-order valence-corrected chi connectivity index (χ4v) is 8.56. The summed E-state index contributed by atoms with van der Waals surface area (Å²) in [6.45, 7) is 11.8. The minimum Gasteiger partial charge on any atom is -0.407 e. The quantitative estimate of drug-likeness (QED) is 0.459. The standard InChI is InChI=1S/C24H34O2Si/c1-20(18-21(2)19-25)16-17-26-27(24(3,4)5,22-12-8-6-9-13-22)23-14-10-7-11-15-23/h6-15,19-21H,16-18H2,1-5H3/t20-,21-/m1/s1. The average Bonchev–Trinajstić information content (AvgIpc) is 2.65. The maximum absolute atomic E-state index is 11.0. The first-order valence-electron chi connectivity index (χ1n) is 10.0. The van der Waals surface area contributed by atoms with Gasteiger partial charge in [-0.05, 0) is 34.2 Å². The molecule has 2 atom stereocenters. The van der Waals surface area contributed by atoms with Crippen molar-refractivity contribution < 1.29 is 9.22 Å². The van der Waals surface area contributed by atoms with Crippen LogP contribution in [-0.4, -0.2) is 21.2 Å². The predicted molar refractivity (Wildman–Crippen MR) is 117 cm³/mol. The van der Waals surface area contributed by atoms with E-state index in [1.807, 2.05) is 6.92 Å². The summed E-state index contributed by atoms with van der Waals surface area (Å²) in [5.74, 6) is 0.594. The number of hydrogen-bond donors (Lipinski definition) is 0. The van der Waals surface area contributed by atoms with Crippen LogP contribution in [0.5, 0.6) is 0 Å². The van der Waals surface area contributed by atoms with Gasteiger partial charge in [0.15, 0.2) is 0 Å². The Bertz CT molecular complexity index is 652. The van der Waals surface area contributed by atoms with E-state index >= 15 is 0 Å². The Morgan fingerprint density at radius 1 is 0.926 bits per heavy atom. The van der Waals surface area contributed by atoms with Crippen molar-refractivity contribution in [1.82, 2.24) is 0 Å². The molecule has 0 aliphatic carbocycles. The lowest BCUT2D eigenvalue weighted by atomic mass is 9.96. The molecule has 2 nitrogen and oxygen atoms in total. The topological polar surface area (TPSA) is 26.3 Å². The molecule has 27 heavy (non-hydrogen) atoms. The summed E-state index contributed by atoms with van der Waals surface area (Å²) in [5, 5.41) is 2.64. The van der Waals surface area contributed by atoms with E-state index in [1.54, 1.807) is 0 Å². The number of aldehydes is 1. The van der Waals surface area contributed by atoms with E-state index in [9.17, 15) is 4.79 Å². The monoisotopic (exact) mass is 382 g/mol. The second-order valence-electron chi connectivity index (χ2n) is 8.75. The van der Waals surface area contributed by atoms with E-state index in [2.05, 4.69) is 88.4 Å². The molecule has 0 fully saturated rings. The van der Waals surface area contributed by atoms with Crippen LogP contribution in [0.4, 0.5) is 0 Å². The normalized spacial score (nSPS) is 14.6. The third-order valence-corrected chi connectivity index (χ3v) is 10.4. The number of carbonyl (C=O) groups is 1. The van der Waals surface area contributed by atoms with E-state index in [-0.39, 0.29) is 11.0 Å². The third kappa shape index (κ3) is 5.17. The highest BCUT2D eigenvalue weighted by Crippen LogP contribution is 2.37. The maximum atomic E-state index is 11.0. The van der Waals surface area contributed by atoms with Crippen molar-refractivity contribution in [2.75, 3.05) is 6.61 Å². The predicted octanol–water partition coefficient (Wildman–Crippen LogP) is 4.81. The van der Waals surface area contributed by atoms with Crippen LogP contribution in [-0.2, 0) is 9.22 Å². The van der Waals surface area contributed by atoms with Crippen LogP contribution >= 0.6 is 0 Å². The van der Waals surface area contributed by atoms with Crippen molar-refractivity contribution in [2.45, 2.75) is 52.5 Å². The Kier molecular flexibility index (Phi) is 7.57. The SMILES string of the molecule is C[C@H](CCO[Si](c1ccccc1)(c1ccccc1)C(C)(C)C)C[C@@H](C)C=O. The highest BCUT2D eigenvalue weighted by Gasteiger charge is 2.49. The van der Waals surface area contributed by atoms with Crippen molar-refractivity contribution in [2.24, 2.45) is 11.8 Å². The van der Waals surface area contributed by atoms with Gasteiger partial charge in [-0.3, -0.25) is 0 Å². The summed E-state index contributed by atoms with van der Waals surface area (Å²) in [7, 11) is -2.43. The zero-order valence-corrected chi connectivity index (χ0v) is 18.4. The first-order chi connectivity index (χ1) is 12.8. The highest BCUT2D eigenvalue weighted by atomic mass is 28.4. The van der Waals surface area contributed by atoms with Gasteiger partial charge in [-0.15, -0.1) is 0 Å². The maximum Gasteiger partial charge on any atom is 0.261 e. The number of rotatable bonds is 9.